The Morgan fingerprint density at radius 1 is 1.38 bits per heavy atom. The molecule has 130 valence electrons. The minimum absolute atomic E-state index is 0.0799. The number of nitrogens with one attached hydrogen (secondary N) is 2. The number of carbonyl (C=O) groups is 2. The number of esters is 1. The molecule has 0 bridgehead atoms. The molecule has 0 aromatic carbocycles. The van der Waals surface area contributed by atoms with Crippen LogP contribution in [0.15, 0.2) is 5.10 Å². The molecule has 0 unspecified atom stereocenters. The summed E-state index contributed by atoms with van der Waals surface area (Å²) in [5.41, 5.74) is 10.1. The molecule has 0 spiro atoms. The van der Waals surface area contributed by atoms with Gasteiger partial charge >= 0.3 is 5.97 Å². The normalized spacial score (nSPS) is 14.8. The monoisotopic (exact) mass is 368 g/mol. The number of hydrogen-bond donors (Lipinski definition) is 3. The number of hydrogen-bond acceptors (Lipinski definition) is 6. The quantitative estimate of drug-likeness (QED) is 0.418. The number of fused-ring (bicyclic) bond motifs is 1. The smallest absolute Gasteiger partial charge is 0.341 e. The number of rotatable bonds is 5. The molecule has 0 aliphatic heterocycles. The number of nitrogens with two attached hydrogens (primary N) is 1. The standard InChI is InChI=1S/C15H20N4O3S2/c1-3-10(20)17-13-11(14(21)22-4-2)8-6-5-7-9(12(8)24-13)18-19-15(16)23/h3-7H2,1-2H3,(H,17,20)(H3,16,19,23). The van der Waals surface area contributed by atoms with E-state index in [0.717, 1.165) is 35.4 Å². The van der Waals surface area contributed by atoms with Crippen LogP contribution in [0.25, 0.3) is 0 Å². The summed E-state index contributed by atoms with van der Waals surface area (Å²) in [5, 5.41) is 7.61. The van der Waals surface area contributed by atoms with Crippen LogP contribution in [-0.2, 0) is 16.0 Å². The summed E-state index contributed by atoms with van der Waals surface area (Å²) in [6, 6.07) is 0. The molecule has 1 amide bonds. The highest BCUT2D eigenvalue weighted by molar-refractivity contribution is 7.80. The van der Waals surface area contributed by atoms with Crippen molar-refractivity contribution in [2.45, 2.75) is 39.5 Å². The zero-order valence-electron chi connectivity index (χ0n) is 13.6. The van der Waals surface area contributed by atoms with Crippen molar-refractivity contribution >= 4 is 51.3 Å². The van der Waals surface area contributed by atoms with Crippen LogP contribution in [0.2, 0.25) is 0 Å². The summed E-state index contributed by atoms with van der Waals surface area (Å²) in [7, 11) is 0. The largest absolute Gasteiger partial charge is 0.462 e. The Balaban J connectivity index is 2.48. The number of carbonyl (C=O) groups excluding carboxylic acids is 2. The van der Waals surface area contributed by atoms with Gasteiger partial charge in [0.15, 0.2) is 5.11 Å². The Morgan fingerprint density at radius 2 is 2.12 bits per heavy atom. The van der Waals surface area contributed by atoms with E-state index in [1.165, 1.54) is 11.3 Å². The van der Waals surface area contributed by atoms with Crippen LogP contribution in [0.3, 0.4) is 0 Å². The van der Waals surface area contributed by atoms with Crippen molar-refractivity contribution in [1.29, 1.82) is 0 Å². The van der Waals surface area contributed by atoms with Crippen LogP contribution in [0.1, 0.15) is 53.9 Å². The number of anilines is 1. The van der Waals surface area contributed by atoms with Crippen molar-refractivity contribution in [3.63, 3.8) is 0 Å². The molecular weight excluding hydrogens is 348 g/mol. The maximum atomic E-state index is 12.4. The van der Waals surface area contributed by atoms with Crippen LogP contribution in [0, 0.1) is 0 Å². The van der Waals surface area contributed by atoms with Gasteiger partial charge in [0.25, 0.3) is 0 Å². The molecule has 1 heterocycles. The average molecular weight is 368 g/mol. The van der Waals surface area contributed by atoms with Gasteiger partial charge in [-0.25, -0.2) is 4.79 Å². The molecule has 2 rings (SSSR count). The fourth-order valence-corrected chi connectivity index (χ4v) is 3.75. The van der Waals surface area contributed by atoms with E-state index in [0.29, 0.717) is 17.0 Å². The molecule has 1 aliphatic rings. The predicted molar refractivity (Wildman–Crippen MR) is 98.6 cm³/mol. The Hall–Kier alpha value is -2.00. The second kappa shape index (κ2) is 8.20. The third-order valence-corrected chi connectivity index (χ3v) is 4.75. The van der Waals surface area contributed by atoms with Gasteiger partial charge in [0.1, 0.15) is 5.00 Å². The second-order valence-electron chi connectivity index (χ2n) is 5.12. The Bertz CT molecular complexity index is 697. The van der Waals surface area contributed by atoms with E-state index in [2.05, 4.69) is 15.8 Å². The van der Waals surface area contributed by atoms with Crippen LogP contribution in [0.5, 0.6) is 0 Å². The summed E-state index contributed by atoms with van der Waals surface area (Å²) in [4.78, 5) is 25.0. The SMILES string of the molecule is CCOC(=O)c1c(NC(=O)CC)sc2c1CCCC2=NNC(N)=S. The van der Waals surface area contributed by atoms with Gasteiger partial charge in [-0.2, -0.15) is 5.10 Å². The van der Waals surface area contributed by atoms with Crippen LogP contribution >= 0.6 is 23.6 Å². The summed E-state index contributed by atoms with van der Waals surface area (Å²) >= 11 is 6.11. The first-order chi connectivity index (χ1) is 11.5. The zero-order chi connectivity index (χ0) is 17.7. The molecular formula is C15H20N4O3S2. The lowest BCUT2D eigenvalue weighted by Gasteiger charge is -2.15. The molecule has 0 saturated carbocycles. The maximum absolute atomic E-state index is 12.4. The number of thiocarbonyl (C=S) groups is 1. The van der Waals surface area contributed by atoms with Crippen LogP contribution in [-0.4, -0.2) is 29.3 Å². The molecule has 4 N–H and O–H groups in total. The van der Waals surface area contributed by atoms with Crippen molar-refractivity contribution in [1.82, 2.24) is 5.43 Å². The summed E-state index contributed by atoms with van der Waals surface area (Å²) in [6.07, 6.45) is 2.64. The minimum Gasteiger partial charge on any atom is -0.462 e. The van der Waals surface area contributed by atoms with E-state index in [1.54, 1.807) is 13.8 Å². The van der Waals surface area contributed by atoms with E-state index in [1.807, 2.05) is 0 Å². The van der Waals surface area contributed by atoms with Gasteiger partial charge < -0.3 is 15.8 Å². The lowest BCUT2D eigenvalue weighted by molar-refractivity contribution is -0.115. The van der Waals surface area contributed by atoms with Gasteiger partial charge in [-0.15, -0.1) is 11.3 Å². The first kappa shape index (κ1) is 18.3. The average Bonchev–Trinajstić information content (AvgIpc) is 2.91. The highest BCUT2D eigenvalue weighted by Gasteiger charge is 2.30. The number of nitrogens with zero attached hydrogens (tertiary/aromatic N) is 1. The fourth-order valence-electron chi connectivity index (χ4n) is 2.43. The molecule has 1 aromatic heterocycles. The fraction of sp³-hybridized carbons (Fsp3) is 0.467. The van der Waals surface area contributed by atoms with E-state index in [-0.39, 0.29) is 17.6 Å². The lowest BCUT2D eigenvalue weighted by atomic mass is 9.94. The third kappa shape index (κ3) is 4.09. The van der Waals surface area contributed by atoms with E-state index >= 15 is 0 Å². The van der Waals surface area contributed by atoms with Crippen LogP contribution in [0.4, 0.5) is 5.00 Å². The van der Waals surface area contributed by atoms with Crippen molar-refractivity contribution in [3.8, 4) is 0 Å². The molecule has 1 aromatic rings. The molecule has 9 heteroatoms. The molecule has 0 saturated heterocycles. The Morgan fingerprint density at radius 3 is 2.75 bits per heavy atom. The first-order valence-electron chi connectivity index (χ1n) is 7.72. The summed E-state index contributed by atoms with van der Waals surface area (Å²) in [5.74, 6) is -0.580. The van der Waals surface area contributed by atoms with Gasteiger partial charge in [0, 0.05) is 6.42 Å². The first-order valence-corrected chi connectivity index (χ1v) is 8.95. The van der Waals surface area contributed by atoms with Gasteiger partial charge in [0.05, 0.1) is 22.8 Å². The van der Waals surface area contributed by atoms with Crippen LogP contribution < -0.4 is 16.5 Å². The van der Waals surface area contributed by atoms with E-state index < -0.39 is 5.97 Å². The number of hydrazone groups is 1. The molecule has 7 nitrogen and oxygen atoms in total. The topological polar surface area (TPSA) is 106 Å². The molecule has 1 aliphatic carbocycles. The van der Waals surface area contributed by atoms with E-state index in [4.69, 9.17) is 22.7 Å². The third-order valence-electron chi connectivity index (χ3n) is 3.46. The summed E-state index contributed by atoms with van der Waals surface area (Å²) < 4.78 is 5.16. The Kier molecular flexibility index (Phi) is 6.27. The van der Waals surface area contributed by atoms with Crippen molar-refractivity contribution in [3.05, 3.63) is 16.0 Å². The highest BCUT2D eigenvalue weighted by atomic mass is 32.1. The van der Waals surface area contributed by atoms with E-state index in [9.17, 15) is 9.59 Å². The van der Waals surface area contributed by atoms with Crippen molar-refractivity contribution < 1.29 is 14.3 Å². The number of thiophene rings is 1. The number of ether oxygens (including phenoxy) is 1. The van der Waals surface area contributed by atoms with Gasteiger partial charge in [0.2, 0.25) is 5.91 Å². The molecule has 0 atom stereocenters. The second-order valence-corrected chi connectivity index (χ2v) is 6.58. The van der Waals surface area contributed by atoms with Crippen molar-refractivity contribution in [2.75, 3.05) is 11.9 Å². The zero-order valence-corrected chi connectivity index (χ0v) is 15.2. The predicted octanol–water partition coefficient (Wildman–Crippen LogP) is 2.15. The van der Waals surface area contributed by atoms with Gasteiger partial charge in [-0.3, -0.25) is 10.2 Å². The summed E-state index contributed by atoms with van der Waals surface area (Å²) in [6.45, 7) is 3.78. The van der Waals surface area contributed by atoms with Crippen molar-refractivity contribution in [2.24, 2.45) is 10.8 Å². The lowest BCUT2D eigenvalue weighted by Crippen LogP contribution is -2.26. The number of amides is 1. The molecule has 24 heavy (non-hydrogen) atoms. The van der Waals surface area contributed by atoms with Gasteiger partial charge in [-0.1, -0.05) is 6.92 Å². The highest BCUT2D eigenvalue weighted by Crippen LogP contribution is 2.39. The molecule has 0 fully saturated rings. The molecule has 0 radical (unpaired) electrons. The minimum atomic E-state index is -0.426. The van der Waals surface area contributed by atoms with Gasteiger partial charge in [-0.05, 0) is 44.0 Å². The maximum Gasteiger partial charge on any atom is 0.341 e. The Labute approximate surface area is 149 Å².